The predicted octanol–water partition coefficient (Wildman–Crippen LogP) is 2.47. The molecule has 130 valence electrons. The summed E-state index contributed by atoms with van der Waals surface area (Å²) in [5.41, 5.74) is 1.01. The van der Waals surface area contributed by atoms with Gasteiger partial charge in [0.15, 0.2) is 5.13 Å². The first kappa shape index (κ1) is 16.2. The number of hydrogen-bond acceptors (Lipinski definition) is 7. The first-order chi connectivity index (χ1) is 12.2. The van der Waals surface area contributed by atoms with Crippen LogP contribution in [0.25, 0.3) is 10.9 Å². The molecule has 0 radical (unpaired) electrons. The second-order valence-corrected chi connectivity index (χ2v) is 7.57. The lowest BCUT2D eigenvalue weighted by atomic mass is 10.2. The summed E-state index contributed by atoms with van der Waals surface area (Å²) in [6, 6.07) is 8.23. The van der Waals surface area contributed by atoms with Gasteiger partial charge in [-0.05, 0) is 12.1 Å². The minimum absolute atomic E-state index is 0.976. The molecule has 1 aliphatic heterocycles. The van der Waals surface area contributed by atoms with Gasteiger partial charge in [0.2, 0.25) is 0 Å². The maximum atomic E-state index is 4.55. The second kappa shape index (κ2) is 6.93. The SMILES string of the molecule is CN(C)c1ncc(CN2CCN(c3ncnc4ccccc34)CC2)s1. The Morgan fingerprint density at radius 1 is 1.04 bits per heavy atom. The molecule has 25 heavy (non-hydrogen) atoms. The summed E-state index contributed by atoms with van der Waals surface area (Å²) in [4.78, 5) is 21.6. The van der Waals surface area contributed by atoms with Gasteiger partial charge in [-0.3, -0.25) is 4.90 Å². The monoisotopic (exact) mass is 354 g/mol. The van der Waals surface area contributed by atoms with Gasteiger partial charge < -0.3 is 9.80 Å². The fourth-order valence-electron chi connectivity index (χ4n) is 3.16. The van der Waals surface area contributed by atoms with E-state index in [1.807, 2.05) is 32.4 Å². The molecule has 0 spiro atoms. The largest absolute Gasteiger partial charge is 0.354 e. The van der Waals surface area contributed by atoms with Crippen molar-refractivity contribution in [1.29, 1.82) is 0 Å². The quantitative estimate of drug-likeness (QED) is 0.717. The molecular weight excluding hydrogens is 332 g/mol. The number of hydrogen-bond donors (Lipinski definition) is 0. The van der Waals surface area contributed by atoms with Crippen LogP contribution in [-0.4, -0.2) is 60.1 Å². The van der Waals surface area contributed by atoms with E-state index >= 15 is 0 Å². The van der Waals surface area contributed by atoms with Gasteiger partial charge in [-0.2, -0.15) is 0 Å². The van der Waals surface area contributed by atoms with Crippen molar-refractivity contribution in [3.63, 3.8) is 0 Å². The lowest BCUT2D eigenvalue weighted by Gasteiger charge is -2.35. The Morgan fingerprint density at radius 3 is 2.60 bits per heavy atom. The van der Waals surface area contributed by atoms with Crippen LogP contribution in [0.1, 0.15) is 4.88 Å². The fraction of sp³-hybridized carbons (Fsp3) is 0.389. The zero-order valence-corrected chi connectivity index (χ0v) is 15.4. The van der Waals surface area contributed by atoms with Gasteiger partial charge in [0, 0.05) is 63.3 Å². The molecule has 1 fully saturated rings. The zero-order valence-electron chi connectivity index (χ0n) is 14.6. The van der Waals surface area contributed by atoms with Crippen molar-refractivity contribution in [1.82, 2.24) is 19.9 Å². The number of para-hydroxylation sites is 1. The van der Waals surface area contributed by atoms with E-state index in [9.17, 15) is 0 Å². The second-order valence-electron chi connectivity index (χ2n) is 6.48. The minimum Gasteiger partial charge on any atom is -0.354 e. The van der Waals surface area contributed by atoms with Crippen molar-refractivity contribution in [2.45, 2.75) is 6.54 Å². The van der Waals surface area contributed by atoms with Crippen LogP contribution < -0.4 is 9.80 Å². The third-order valence-corrected chi connectivity index (χ3v) is 5.65. The molecule has 1 saturated heterocycles. The number of anilines is 2. The standard InChI is InChI=1S/C18H22N6S/c1-22(2)18-19-11-14(25-18)12-23-7-9-24(10-8-23)17-15-5-3-4-6-16(15)20-13-21-17/h3-6,11,13H,7-10,12H2,1-2H3. The lowest BCUT2D eigenvalue weighted by molar-refractivity contribution is 0.251. The average molecular weight is 354 g/mol. The summed E-state index contributed by atoms with van der Waals surface area (Å²) in [5.74, 6) is 1.05. The topological polar surface area (TPSA) is 48.4 Å². The minimum atomic E-state index is 0.976. The van der Waals surface area contributed by atoms with Crippen LogP contribution in [0.5, 0.6) is 0 Å². The molecule has 0 bridgehead atoms. The molecular formula is C18H22N6S. The van der Waals surface area contributed by atoms with Crippen LogP contribution in [-0.2, 0) is 6.54 Å². The number of benzene rings is 1. The molecule has 0 amide bonds. The summed E-state index contributed by atoms with van der Waals surface area (Å²) in [6.07, 6.45) is 3.68. The predicted molar refractivity (Wildman–Crippen MR) is 103 cm³/mol. The van der Waals surface area contributed by atoms with Crippen molar-refractivity contribution in [3.05, 3.63) is 41.7 Å². The maximum absolute atomic E-state index is 4.55. The maximum Gasteiger partial charge on any atom is 0.185 e. The molecule has 0 unspecified atom stereocenters. The highest BCUT2D eigenvalue weighted by Crippen LogP contribution is 2.25. The summed E-state index contributed by atoms with van der Waals surface area (Å²) in [7, 11) is 4.07. The van der Waals surface area contributed by atoms with E-state index in [2.05, 4.69) is 41.8 Å². The van der Waals surface area contributed by atoms with Crippen LogP contribution in [0.3, 0.4) is 0 Å². The molecule has 1 aliphatic rings. The normalized spacial score (nSPS) is 15.7. The van der Waals surface area contributed by atoms with Crippen molar-refractivity contribution < 1.29 is 0 Å². The van der Waals surface area contributed by atoms with E-state index in [0.717, 1.165) is 54.6 Å². The first-order valence-corrected chi connectivity index (χ1v) is 9.31. The highest BCUT2D eigenvalue weighted by atomic mass is 32.1. The number of nitrogens with zero attached hydrogens (tertiary/aromatic N) is 6. The summed E-state index contributed by atoms with van der Waals surface area (Å²) in [6.45, 7) is 5.02. The number of thiazole rings is 1. The number of aromatic nitrogens is 3. The molecule has 0 atom stereocenters. The third-order valence-electron chi connectivity index (χ3n) is 4.50. The zero-order chi connectivity index (χ0) is 17.2. The van der Waals surface area contributed by atoms with Gasteiger partial charge in [0.1, 0.15) is 12.1 Å². The van der Waals surface area contributed by atoms with Crippen LogP contribution in [0.2, 0.25) is 0 Å². The first-order valence-electron chi connectivity index (χ1n) is 8.50. The van der Waals surface area contributed by atoms with Crippen molar-refractivity contribution >= 4 is 33.2 Å². The van der Waals surface area contributed by atoms with E-state index < -0.39 is 0 Å². The summed E-state index contributed by atoms with van der Waals surface area (Å²) < 4.78 is 0. The van der Waals surface area contributed by atoms with E-state index in [1.165, 1.54) is 4.88 Å². The molecule has 0 aliphatic carbocycles. The molecule has 2 aromatic heterocycles. The summed E-state index contributed by atoms with van der Waals surface area (Å²) in [5, 5.41) is 2.21. The van der Waals surface area contributed by atoms with Crippen LogP contribution >= 0.6 is 11.3 Å². The van der Waals surface area contributed by atoms with Crippen LogP contribution in [0.15, 0.2) is 36.8 Å². The Hall–Kier alpha value is -2.25. The van der Waals surface area contributed by atoms with Gasteiger partial charge in [-0.15, -0.1) is 11.3 Å². The van der Waals surface area contributed by atoms with Gasteiger partial charge >= 0.3 is 0 Å². The Labute approximate surface area is 151 Å². The van der Waals surface area contributed by atoms with E-state index in [4.69, 9.17) is 0 Å². The molecule has 4 rings (SSSR count). The Bertz CT molecular complexity index is 848. The molecule has 3 heterocycles. The van der Waals surface area contributed by atoms with Gasteiger partial charge in [0.05, 0.1) is 5.52 Å². The van der Waals surface area contributed by atoms with Crippen molar-refractivity contribution in [2.24, 2.45) is 0 Å². The highest BCUT2D eigenvalue weighted by Gasteiger charge is 2.20. The van der Waals surface area contributed by atoms with E-state index in [0.29, 0.717) is 0 Å². The Balaban J connectivity index is 1.42. The smallest absolute Gasteiger partial charge is 0.185 e. The van der Waals surface area contributed by atoms with E-state index in [-0.39, 0.29) is 0 Å². The molecule has 6 nitrogen and oxygen atoms in total. The van der Waals surface area contributed by atoms with Crippen molar-refractivity contribution in [3.8, 4) is 0 Å². The summed E-state index contributed by atoms with van der Waals surface area (Å²) >= 11 is 1.77. The highest BCUT2D eigenvalue weighted by molar-refractivity contribution is 7.15. The fourth-order valence-corrected chi connectivity index (χ4v) is 4.03. The molecule has 3 aromatic rings. The van der Waals surface area contributed by atoms with Crippen molar-refractivity contribution in [2.75, 3.05) is 50.1 Å². The van der Waals surface area contributed by atoms with Crippen LogP contribution in [0.4, 0.5) is 10.9 Å². The van der Waals surface area contributed by atoms with Gasteiger partial charge in [-0.25, -0.2) is 15.0 Å². The molecule has 1 aromatic carbocycles. The number of fused-ring (bicyclic) bond motifs is 1. The Kier molecular flexibility index (Phi) is 4.50. The number of piperazine rings is 1. The van der Waals surface area contributed by atoms with Gasteiger partial charge in [0.25, 0.3) is 0 Å². The van der Waals surface area contributed by atoms with E-state index in [1.54, 1.807) is 17.7 Å². The third kappa shape index (κ3) is 3.43. The lowest BCUT2D eigenvalue weighted by Crippen LogP contribution is -2.46. The molecule has 7 heteroatoms. The molecule has 0 N–H and O–H groups in total. The number of rotatable bonds is 4. The van der Waals surface area contributed by atoms with Crippen LogP contribution in [0, 0.1) is 0 Å². The van der Waals surface area contributed by atoms with Gasteiger partial charge in [-0.1, -0.05) is 12.1 Å². The molecule has 0 saturated carbocycles. The average Bonchev–Trinajstić information content (AvgIpc) is 3.11. The Morgan fingerprint density at radius 2 is 1.84 bits per heavy atom.